The molecule has 3 aromatic rings. The molecule has 8 nitrogen and oxygen atoms in total. The predicted octanol–water partition coefficient (Wildman–Crippen LogP) is 2.94. The Morgan fingerprint density at radius 1 is 1.16 bits per heavy atom. The number of anilines is 2. The first-order valence-electron chi connectivity index (χ1n) is 10.3. The lowest BCUT2D eigenvalue weighted by Gasteiger charge is -2.17. The third kappa shape index (κ3) is 4.74. The quantitative estimate of drug-likeness (QED) is 0.544. The van der Waals surface area contributed by atoms with Gasteiger partial charge in [0.2, 0.25) is 0 Å². The van der Waals surface area contributed by atoms with E-state index in [1.54, 1.807) is 26.6 Å². The van der Waals surface area contributed by atoms with Crippen LogP contribution in [0.4, 0.5) is 11.6 Å². The number of amides is 1. The monoisotopic (exact) mass is 418 g/mol. The van der Waals surface area contributed by atoms with Crippen molar-refractivity contribution in [1.82, 2.24) is 20.3 Å². The molecule has 1 aliphatic rings. The van der Waals surface area contributed by atoms with Gasteiger partial charge in [0, 0.05) is 56.0 Å². The van der Waals surface area contributed by atoms with Crippen molar-refractivity contribution in [3.05, 3.63) is 60.0 Å². The zero-order chi connectivity index (χ0) is 21.8. The summed E-state index contributed by atoms with van der Waals surface area (Å²) in [5.74, 6) is 2.44. The van der Waals surface area contributed by atoms with Gasteiger partial charge in [0.1, 0.15) is 23.7 Å². The van der Waals surface area contributed by atoms with E-state index in [9.17, 15) is 4.79 Å². The molecule has 1 aromatic carbocycles. The summed E-state index contributed by atoms with van der Waals surface area (Å²) in [6, 6.07) is 11.5. The Bertz CT molecular complexity index is 1070. The second kappa shape index (κ2) is 8.99. The minimum Gasteiger partial charge on any atom is -0.496 e. The SMILES string of the molecule is CNC(=O)c1ccc([C@H](C)CNc2cc(-c3ccc(N4CC4)nc3)ncn2)c(OC)c1. The van der Waals surface area contributed by atoms with Crippen molar-refractivity contribution in [2.24, 2.45) is 0 Å². The van der Waals surface area contributed by atoms with Crippen molar-refractivity contribution in [3.8, 4) is 17.0 Å². The Kier molecular flexibility index (Phi) is 5.97. The van der Waals surface area contributed by atoms with E-state index in [1.165, 1.54) is 0 Å². The van der Waals surface area contributed by atoms with Crippen LogP contribution >= 0.6 is 0 Å². The molecule has 2 aromatic heterocycles. The fraction of sp³-hybridized carbons (Fsp3) is 0.304. The number of benzene rings is 1. The number of ether oxygens (including phenoxy) is 1. The third-order valence-corrected chi connectivity index (χ3v) is 5.32. The number of carbonyl (C=O) groups excluding carboxylic acids is 1. The molecule has 0 bridgehead atoms. The number of rotatable bonds is 8. The molecule has 3 heterocycles. The molecule has 2 N–H and O–H groups in total. The minimum atomic E-state index is -0.138. The number of aromatic nitrogens is 3. The first-order valence-corrected chi connectivity index (χ1v) is 10.3. The summed E-state index contributed by atoms with van der Waals surface area (Å²) >= 11 is 0. The highest BCUT2D eigenvalue weighted by Crippen LogP contribution is 2.28. The number of hydrogen-bond acceptors (Lipinski definition) is 7. The average Bonchev–Trinajstić information content (AvgIpc) is 3.67. The molecule has 1 aliphatic heterocycles. The molecular formula is C23H26N6O2. The highest BCUT2D eigenvalue weighted by Gasteiger charge is 2.19. The molecule has 8 heteroatoms. The van der Waals surface area contributed by atoms with Crippen LogP contribution in [0.2, 0.25) is 0 Å². The van der Waals surface area contributed by atoms with Crippen LogP contribution in [-0.2, 0) is 0 Å². The molecule has 0 aliphatic carbocycles. The predicted molar refractivity (Wildman–Crippen MR) is 121 cm³/mol. The van der Waals surface area contributed by atoms with Crippen molar-refractivity contribution < 1.29 is 9.53 Å². The molecule has 1 amide bonds. The van der Waals surface area contributed by atoms with E-state index in [-0.39, 0.29) is 11.8 Å². The second-order valence-electron chi connectivity index (χ2n) is 7.50. The van der Waals surface area contributed by atoms with Gasteiger partial charge in [-0.15, -0.1) is 0 Å². The molecule has 1 atom stereocenters. The summed E-state index contributed by atoms with van der Waals surface area (Å²) < 4.78 is 5.52. The van der Waals surface area contributed by atoms with Crippen molar-refractivity contribution >= 4 is 17.5 Å². The largest absolute Gasteiger partial charge is 0.496 e. The highest BCUT2D eigenvalue weighted by atomic mass is 16.5. The molecule has 1 saturated heterocycles. The van der Waals surface area contributed by atoms with Crippen LogP contribution in [0.15, 0.2) is 48.9 Å². The Hall–Kier alpha value is -3.68. The van der Waals surface area contributed by atoms with E-state index >= 15 is 0 Å². The van der Waals surface area contributed by atoms with Gasteiger partial charge in [-0.1, -0.05) is 13.0 Å². The number of hydrogen-bond donors (Lipinski definition) is 2. The minimum absolute atomic E-state index is 0.138. The van der Waals surface area contributed by atoms with Gasteiger partial charge in [0.05, 0.1) is 12.8 Å². The standard InChI is InChI=1S/C23H26N6O2/c1-15(18-6-4-16(23(30)24-2)10-20(18)31-3)12-25-21-11-19(27-14-28-21)17-5-7-22(26-13-17)29-8-9-29/h4-7,10-11,13-15H,8-9,12H2,1-3H3,(H,24,30)(H,25,27,28)/t15-/m1/s1. The fourth-order valence-corrected chi connectivity index (χ4v) is 3.39. The number of carbonyl (C=O) groups is 1. The van der Waals surface area contributed by atoms with Crippen LogP contribution in [0.25, 0.3) is 11.3 Å². The van der Waals surface area contributed by atoms with Crippen LogP contribution in [0.5, 0.6) is 5.75 Å². The maximum absolute atomic E-state index is 11.9. The molecular weight excluding hydrogens is 392 g/mol. The van der Waals surface area contributed by atoms with Crippen LogP contribution < -0.4 is 20.3 Å². The molecule has 1 fully saturated rings. The van der Waals surface area contributed by atoms with Gasteiger partial charge >= 0.3 is 0 Å². The maximum atomic E-state index is 11.9. The summed E-state index contributed by atoms with van der Waals surface area (Å²) in [5.41, 5.74) is 3.37. The Morgan fingerprint density at radius 3 is 2.68 bits per heavy atom. The van der Waals surface area contributed by atoms with Gasteiger partial charge < -0.3 is 20.3 Å². The lowest BCUT2D eigenvalue weighted by molar-refractivity contribution is 0.0962. The van der Waals surface area contributed by atoms with Gasteiger partial charge in [-0.05, 0) is 29.8 Å². The van der Waals surface area contributed by atoms with Gasteiger partial charge in [0.25, 0.3) is 5.91 Å². The summed E-state index contributed by atoms with van der Waals surface area (Å²) in [4.78, 5) is 27.3. The highest BCUT2D eigenvalue weighted by molar-refractivity contribution is 5.94. The van der Waals surface area contributed by atoms with E-state index in [1.807, 2.05) is 36.5 Å². The molecule has 31 heavy (non-hydrogen) atoms. The number of methoxy groups -OCH3 is 1. The molecule has 160 valence electrons. The Balaban J connectivity index is 1.44. The molecule has 0 radical (unpaired) electrons. The molecule has 0 unspecified atom stereocenters. The maximum Gasteiger partial charge on any atom is 0.251 e. The Morgan fingerprint density at radius 2 is 2.00 bits per heavy atom. The Labute approximate surface area is 181 Å². The second-order valence-corrected chi connectivity index (χ2v) is 7.50. The van der Waals surface area contributed by atoms with Crippen molar-refractivity contribution in [1.29, 1.82) is 0 Å². The van der Waals surface area contributed by atoms with Crippen LogP contribution in [0, 0.1) is 0 Å². The van der Waals surface area contributed by atoms with Gasteiger partial charge in [-0.2, -0.15) is 0 Å². The summed E-state index contributed by atoms with van der Waals surface area (Å²) in [7, 11) is 3.23. The zero-order valence-corrected chi connectivity index (χ0v) is 17.9. The average molecular weight is 419 g/mol. The topological polar surface area (TPSA) is 92.0 Å². The number of nitrogens with zero attached hydrogens (tertiary/aromatic N) is 4. The number of pyridine rings is 1. The van der Waals surface area contributed by atoms with Crippen molar-refractivity contribution in [2.45, 2.75) is 12.8 Å². The summed E-state index contributed by atoms with van der Waals surface area (Å²) in [6.07, 6.45) is 3.40. The van der Waals surface area contributed by atoms with E-state index in [2.05, 4.69) is 37.4 Å². The van der Waals surface area contributed by atoms with Gasteiger partial charge in [-0.3, -0.25) is 4.79 Å². The van der Waals surface area contributed by atoms with E-state index in [0.717, 1.165) is 41.5 Å². The fourth-order valence-electron chi connectivity index (χ4n) is 3.39. The van der Waals surface area contributed by atoms with Gasteiger partial charge in [0.15, 0.2) is 0 Å². The van der Waals surface area contributed by atoms with Crippen LogP contribution in [0.1, 0.15) is 28.8 Å². The van der Waals surface area contributed by atoms with Crippen LogP contribution in [-0.4, -0.2) is 54.7 Å². The first kappa shape index (κ1) is 20.6. The van der Waals surface area contributed by atoms with Crippen LogP contribution in [0.3, 0.4) is 0 Å². The molecule has 0 spiro atoms. The van der Waals surface area contributed by atoms with E-state index < -0.39 is 0 Å². The zero-order valence-electron chi connectivity index (χ0n) is 17.9. The molecule has 4 rings (SSSR count). The normalized spacial score (nSPS) is 13.5. The summed E-state index contributed by atoms with van der Waals surface area (Å²) in [6.45, 7) is 4.90. The van der Waals surface area contributed by atoms with Gasteiger partial charge in [-0.25, -0.2) is 15.0 Å². The molecule has 0 saturated carbocycles. The van der Waals surface area contributed by atoms with E-state index in [0.29, 0.717) is 17.9 Å². The van der Waals surface area contributed by atoms with E-state index in [4.69, 9.17) is 4.74 Å². The first-order chi connectivity index (χ1) is 15.1. The van der Waals surface area contributed by atoms with Crippen molar-refractivity contribution in [3.63, 3.8) is 0 Å². The third-order valence-electron chi connectivity index (χ3n) is 5.32. The lowest BCUT2D eigenvalue weighted by atomic mass is 9.98. The summed E-state index contributed by atoms with van der Waals surface area (Å²) in [5, 5.41) is 6.01. The smallest absolute Gasteiger partial charge is 0.251 e. The lowest BCUT2D eigenvalue weighted by Crippen LogP contribution is -2.18. The van der Waals surface area contributed by atoms with Crippen molar-refractivity contribution in [2.75, 3.05) is 44.0 Å². The number of nitrogens with one attached hydrogen (secondary N) is 2.